The maximum atomic E-state index is 6.23. The molecule has 0 saturated carbocycles. The Morgan fingerprint density at radius 2 is 1.95 bits per heavy atom. The summed E-state index contributed by atoms with van der Waals surface area (Å²) in [6, 6.07) is 10.2. The largest absolute Gasteiger partial charge is 0.295 e. The smallest absolute Gasteiger partial charge is 0.0645 e. The van der Waals surface area contributed by atoms with Crippen molar-refractivity contribution in [3.05, 3.63) is 56.7 Å². The van der Waals surface area contributed by atoms with Gasteiger partial charge in [-0.05, 0) is 35.6 Å². The van der Waals surface area contributed by atoms with Gasteiger partial charge in [0.1, 0.15) is 0 Å². The van der Waals surface area contributed by atoms with E-state index in [-0.39, 0.29) is 0 Å². The molecule has 1 fully saturated rings. The lowest BCUT2D eigenvalue weighted by Crippen LogP contribution is -2.43. The maximum absolute atomic E-state index is 6.23. The Kier molecular flexibility index (Phi) is 5.13. The number of hydrogen-bond donors (Lipinski definition) is 0. The van der Waals surface area contributed by atoms with Crippen LogP contribution < -0.4 is 0 Å². The number of rotatable bonds is 4. The summed E-state index contributed by atoms with van der Waals surface area (Å²) in [5, 5.41) is 9.73. The number of hydrazone groups is 1. The van der Waals surface area contributed by atoms with E-state index >= 15 is 0 Å². The number of aryl methyl sites for hydroxylation is 1. The van der Waals surface area contributed by atoms with Gasteiger partial charge >= 0.3 is 0 Å². The second-order valence-corrected chi connectivity index (χ2v) is 6.89. The first-order valence-corrected chi connectivity index (χ1v) is 8.77. The molecule has 2 heterocycles. The van der Waals surface area contributed by atoms with E-state index in [9.17, 15) is 0 Å². The predicted octanol–water partition coefficient (Wildman–Crippen LogP) is 3.86. The van der Waals surface area contributed by atoms with E-state index in [1.165, 1.54) is 16.0 Å². The molecular weight excluding hydrogens is 314 g/mol. The third-order valence-corrected chi connectivity index (χ3v) is 5.26. The van der Waals surface area contributed by atoms with E-state index in [1.54, 1.807) is 11.3 Å². The minimum absolute atomic E-state index is 0.858. The van der Waals surface area contributed by atoms with Crippen LogP contribution in [0.3, 0.4) is 0 Å². The monoisotopic (exact) mass is 333 g/mol. The topological polar surface area (TPSA) is 18.8 Å². The van der Waals surface area contributed by atoms with E-state index in [2.05, 4.69) is 39.4 Å². The van der Waals surface area contributed by atoms with Crippen molar-refractivity contribution < 1.29 is 0 Å². The van der Waals surface area contributed by atoms with E-state index in [0.29, 0.717) is 0 Å². The molecule has 1 aliphatic heterocycles. The molecule has 0 atom stereocenters. The number of nitrogens with zero attached hydrogens (tertiary/aromatic N) is 3. The average molecular weight is 334 g/mol. The van der Waals surface area contributed by atoms with Crippen LogP contribution in [0.25, 0.3) is 0 Å². The van der Waals surface area contributed by atoms with Gasteiger partial charge in [-0.15, -0.1) is 11.3 Å². The molecule has 0 amide bonds. The van der Waals surface area contributed by atoms with Crippen LogP contribution in [0.2, 0.25) is 5.02 Å². The van der Waals surface area contributed by atoms with Gasteiger partial charge in [0, 0.05) is 42.6 Å². The molecule has 0 aliphatic carbocycles. The minimum Gasteiger partial charge on any atom is -0.295 e. The highest BCUT2D eigenvalue weighted by Gasteiger charge is 2.16. The lowest BCUT2D eigenvalue weighted by molar-refractivity contribution is 0.131. The molecule has 0 unspecified atom stereocenters. The molecule has 0 radical (unpaired) electrons. The highest BCUT2D eigenvalue weighted by Crippen LogP contribution is 2.18. The molecule has 0 bridgehead atoms. The second-order valence-electron chi connectivity index (χ2n) is 5.53. The van der Waals surface area contributed by atoms with Crippen LogP contribution in [0.5, 0.6) is 0 Å². The van der Waals surface area contributed by atoms with Gasteiger partial charge < -0.3 is 0 Å². The van der Waals surface area contributed by atoms with Crippen molar-refractivity contribution in [3.63, 3.8) is 0 Å². The molecule has 2 aromatic rings. The van der Waals surface area contributed by atoms with Crippen molar-refractivity contribution in [1.82, 2.24) is 9.91 Å². The molecular formula is C17H20ClN3S. The van der Waals surface area contributed by atoms with Crippen molar-refractivity contribution in [2.24, 2.45) is 5.10 Å². The summed E-state index contributed by atoms with van der Waals surface area (Å²) in [4.78, 5) is 3.68. The number of halogens is 1. The molecule has 1 aliphatic rings. The molecule has 0 spiro atoms. The lowest BCUT2D eigenvalue weighted by atomic mass is 10.2. The number of hydrogen-bond acceptors (Lipinski definition) is 4. The first-order valence-electron chi connectivity index (χ1n) is 7.51. The highest BCUT2D eigenvalue weighted by molar-refractivity contribution is 7.11. The summed E-state index contributed by atoms with van der Waals surface area (Å²) in [5.41, 5.74) is 2.50. The van der Waals surface area contributed by atoms with E-state index in [4.69, 9.17) is 11.6 Å². The van der Waals surface area contributed by atoms with Crippen LogP contribution in [-0.2, 0) is 6.54 Å². The van der Waals surface area contributed by atoms with Gasteiger partial charge in [-0.2, -0.15) is 5.10 Å². The summed E-state index contributed by atoms with van der Waals surface area (Å²) in [5.74, 6) is 0. The van der Waals surface area contributed by atoms with Crippen molar-refractivity contribution >= 4 is 29.2 Å². The van der Waals surface area contributed by atoms with Gasteiger partial charge in [-0.3, -0.25) is 9.91 Å². The molecule has 3 rings (SSSR count). The fourth-order valence-corrected chi connectivity index (χ4v) is 3.51. The summed E-state index contributed by atoms with van der Waals surface area (Å²) in [6.07, 6.45) is 1.99. The van der Waals surface area contributed by atoms with E-state index < -0.39 is 0 Å². The first kappa shape index (κ1) is 15.5. The zero-order valence-corrected chi connectivity index (χ0v) is 14.3. The first-order chi connectivity index (χ1) is 10.7. The molecule has 0 N–H and O–H groups in total. The zero-order chi connectivity index (χ0) is 15.4. The molecule has 22 heavy (non-hydrogen) atoms. The summed E-state index contributed by atoms with van der Waals surface area (Å²) in [7, 11) is 0. The number of thiophene rings is 1. The fraction of sp³-hybridized carbons (Fsp3) is 0.353. The normalized spacial score (nSPS) is 16.5. The van der Waals surface area contributed by atoms with E-state index in [1.807, 2.05) is 24.4 Å². The molecule has 1 aromatic heterocycles. The molecule has 1 aromatic carbocycles. The Balaban J connectivity index is 1.51. The third-order valence-electron chi connectivity index (χ3n) is 3.94. The predicted molar refractivity (Wildman–Crippen MR) is 95.0 cm³/mol. The van der Waals surface area contributed by atoms with Gasteiger partial charge in [0.05, 0.1) is 6.21 Å². The van der Waals surface area contributed by atoms with Crippen LogP contribution in [0.15, 0.2) is 40.8 Å². The Hall–Kier alpha value is -1.36. The maximum Gasteiger partial charge on any atom is 0.0645 e. The summed E-state index contributed by atoms with van der Waals surface area (Å²) in [6.45, 7) is 7.01. The molecule has 5 heteroatoms. The van der Waals surface area contributed by atoms with Gasteiger partial charge in [0.15, 0.2) is 0 Å². The van der Waals surface area contributed by atoms with Gasteiger partial charge in [0.25, 0.3) is 0 Å². The number of benzene rings is 1. The van der Waals surface area contributed by atoms with Crippen LogP contribution in [0.4, 0.5) is 0 Å². The van der Waals surface area contributed by atoms with Gasteiger partial charge in [-0.25, -0.2) is 0 Å². The number of piperazine rings is 1. The standard InChI is InChI=1S/C17H20ClN3S/c1-14-6-11-22-17(14)12-19-21-9-7-20(8-10-21)13-15-4-2-3-5-16(15)18/h2-6,11-12H,7-10,13H2,1H3/b19-12-. The highest BCUT2D eigenvalue weighted by atomic mass is 35.5. The fourth-order valence-electron chi connectivity index (χ4n) is 2.53. The van der Waals surface area contributed by atoms with Crippen LogP contribution in [-0.4, -0.2) is 42.3 Å². The SMILES string of the molecule is Cc1ccsc1/C=N\N1CCN(Cc2ccccc2Cl)CC1. The second kappa shape index (κ2) is 7.27. The quantitative estimate of drug-likeness (QED) is 0.791. The van der Waals surface area contributed by atoms with Crippen molar-refractivity contribution in [1.29, 1.82) is 0 Å². The zero-order valence-electron chi connectivity index (χ0n) is 12.7. The van der Waals surface area contributed by atoms with Gasteiger partial charge in [0.2, 0.25) is 0 Å². The Morgan fingerprint density at radius 1 is 1.18 bits per heavy atom. The Labute approximate surface area is 140 Å². The molecule has 116 valence electrons. The van der Waals surface area contributed by atoms with Crippen molar-refractivity contribution in [2.45, 2.75) is 13.5 Å². The average Bonchev–Trinajstić information content (AvgIpc) is 2.94. The van der Waals surface area contributed by atoms with E-state index in [0.717, 1.165) is 37.7 Å². The minimum atomic E-state index is 0.858. The van der Waals surface area contributed by atoms with Crippen LogP contribution in [0.1, 0.15) is 16.0 Å². The van der Waals surface area contributed by atoms with Crippen LogP contribution in [0, 0.1) is 6.92 Å². The van der Waals surface area contributed by atoms with Gasteiger partial charge in [-0.1, -0.05) is 29.8 Å². The Bertz CT molecular complexity index is 645. The molecule has 3 nitrogen and oxygen atoms in total. The summed E-state index contributed by atoms with van der Waals surface area (Å²) < 4.78 is 0. The Morgan fingerprint density at radius 3 is 2.64 bits per heavy atom. The molecule has 1 saturated heterocycles. The summed E-state index contributed by atoms with van der Waals surface area (Å²) >= 11 is 7.98. The third kappa shape index (κ3) is 3.88. The van der Waals surface area contributed by atoms with Crippen molar-refractivity contribution in [2.75, 3.05) is 26.2 Å². The van der Waals surface area contributed by atoms with Crippen molar-refractivity contribution in [3.8, 4) is 0 Å². The van der Waals surface area contributed by atoms with Crippen LogP contribution >= 0.6 is 22.9 Å². The lowest BCUT2D eigenvalue weighted by Gasteiger charge is -2.33.